The molecule has 0 bridgehead atoms. The molecular weight excluding hydrogens is 258 g/mol. The van der Waals surface area contributed by atoms with Crippen LogP contribution < -0.4 is 0 Å². The van der Waals surface area contributed by atoms with Gasteiger partial charge >= 0.3 is 6.09 Å². The first-order valence-electron chi connectivity index (χ1n) is 6.98. The lowest BCUT2D eigenvalue weighted by molar-refractivity contribution is 0.0136. The molecule has 1 aliphatic heterocycles. The molecule has 1 aromatic heterocycles. The molecule has 4 heteroatoms. The second-order valence-corrected chi connectivity index (χ2v) is 6.99. The number of hydrogen-bond acceptors (Lipinski definition) is 3. The van der Waals surface area contributed by atoms with Crippen molar-refractivity contribution >= 4 is 17.4 Å². The lowest BCUT2D eigenvalue weighted by atomic mass is 9.98. The predicted octanol–water partition coefficient (Wildman–Crippen LogP) is 4.38. The Bertz CT molecular complexity index is 447. The lowest BCUT2D eigenvalue weighted by Crippen LogP contribution is -2.42. The number of rotatable bonds is 2. The summed E-state index contributed by atoms with van der Waals surface area (Å²) in [4.78, 5) is 15.6. The van der Waals surface area contributed by atoms with Gasteiger partial charge in [-0.05, 0) is 50.6 Å². The molecule has 0 saturated heterocycles. The molecule has 0 fully saturated rings. The molecule has 1 aliphatic rings. The van der Waals surface area contributed by atoms with Gasteiger partial charge in [0.2, 0.25) is 0 Å². The number of thiophene rings is 1. The zero-order valence-electron chi connectivity index (χ0n) is 12.2. The Balaban J connectivity index is 2.19. The number of carbonyl (C=O) groups is 1. The first-order chi connectivity index (χ1) is 8.92. The zero-order valence-corrected chi connectivity index (χ0v) is 13.0. The van der Waals surface area contributed by atoms with Crippen molar-refractivity contribution in [1.82, 2.24) is 4.90 Å². The number of carbonyl (C=O) groups excluding carboxylic acids is 1. The van der Waals surface area contributed by atoms with Gasteiger partial charge in [-0.2, -0.15) is 0 Å². The Morgan fingerprint density at radius 1 is 1.53 bits per heavy atom. The number of hydrogen-bond donors (Lipinski definition) is 0. The lowest BCUT2D eigenvalue weighted by Gasteiger charge is -2.36. The van der Waals surface area contributed by atoms with E-state index in [-0.39, 0.29) is 12.1 Å². The van der Waals surface area contributed by atoms with E-state index in [2.05, 4.69) is 18.4 Å². The summed E-state index contributed by atoms with van der Waals surface area (Å²) in [5.41, 5.74) is 0.979. The molecule has 1 aromatic rings. The fourth-order valence-electron chi connectivity index (χ4n) is 2.48. The van der Waals surface area contributed by atoms with E-state index in [1.807, 2.05) is 25.7 Å². The Labute approximate surface area is 119 Å². The first kappa shape index (κ1) is 14.4. The van der Waals surface area contributed by atoms with Crippen molar-refractivity contribution in [3.05, 3.63) is 21.9 Å². The van der Waals surface area contributed by atoms with E-state index < -0.39 is 5.60 Å². The van der Waals surface area contributed by atoms with Crippen LogP contribution in [0.25, 0.3) is 0 Å². The van der Waals surface area contributed by atoms with Crippen LogP contribution in [0.15, 0.2) is 11.4 Å². The Kier molecular flexibility index (Phi) is 4.19. The predicted molar refractivity (Wildman–Crippen MR) is 78.6 cm³/mol. The van der Waals surface area contributed by atoms with Gasteiger partial charge in [-0.1, -0.05) is 13.3 Å². The third-order valence-corrected chi connectivity index (χ3v) is 4.33. The van der Waals surface area contributed by atoms with Crippen molar-refractivity contribution in [2.75, 3.05) is 6.54 Å². The molecule has 106 valence electrons. The van der Waals surface area contributed by atoms with E-state index in [1.165, 1.54) is 10.4 Å². The fraction of sp³-hybridized carbons (Fsp3) is 0.667. The SMILES string of the molecule is CCCC1c2sccc2CCN1C(=O)OC(C)(C)C. The smallest absolute Gasteiger partial charge is 0.410 e. The summed E-state index contributed by atoms with van der Waals surface area (Å²) in [7, 11) is 0. The first-order valence-corrected chi connectivity index (χ1v) is 7.86. The topological polar surface area (TPSA) is 29.5 Å². The van der Waals surface area contributed by atoms with E-state index >= 15 is 0 Å². The molecule has 19 heavy (non-hydrogen) atoms. The maximum Gasteiger partial charge on any atom is 0.410 e. The maximum atomic E-state index is 12.3. The molecule has 0 aromatic carbocycles. The van der Waals surface area contributed by atoms with Crippen molar-refractivity contribution in [2.45, 2.75) is 58.6 Å². The van der Waals surface area contributed by atoms with Crippen LogP contribution in [-0.4, -0.2) is 23.1 Å². The van der Waals surface area contributed by atoms with Crippen molar-refractivity contribution in [1.29, 1.82) is 0 Å². The minimum absolute atomic E-state index is 0.176. The molecular formula is C15H23NO2S. The van der Waals surface area contributed by atoms with Crippen LogP contribution in [0.5, 0.6) is 0 Å². The van der Waals surface area contributed by atoms with Crippen LogP contribution in [0.4, 0.5) is 4.79 Å². The van der Waals surface area contributed by atoms with E-state index in [1.54, 1.807) is 11.3 Å². The van der Waals surface area contributed by atoms with Crippen LogP contribution in [0.1, 0.15) is 57.0 Å². The van der Waals surface area contributed by atoms with Crippen molar-refractivity contribution in [3.63, 3.8) is 0 Å². The van der Waals surface area contributed by atoms with Crippen molar-refractivity contribution in [2.24, 2.45) is 0 Å². The number of amides is 1. The van der Waals surface area contributed by atoms with E-state index in [0.29, 0.717) is 0 Å². The Hall–Kier alpha value is -1.03. The Morgan fingerprint density at radius 2 is 2.26 bits per heavy atom. The van der Waals surface area contributed by atoms with Gasteiger partial charge in [0, 0.05) is 11.4 Å². The molecule has 0 saturated carbocycles. The normalized spacial score (nSPS) is 19.2. The standard InChI is InChI=1S/C15H23NO2S/c1-5-6-12-13-11(8-10-19-13)7-9-16(12)14(17)18-15(2,3)4/h8,10,12H,5-7,9H2,1-4H3. The van der Waals surface area contributed by atoms with Gasteiger partial charge in [0.15, 0.2) is 0 Å². The van der Waals surface area contributed by atoms with Crippen LogP contribution >= 0.6 is 11.3 Å². The zero-order chi connectivity index (χ0) is 14.0. The van der Waals surface area contributed by atoms with Gasteiger partial charge < -0.3 is 9.64 Å². The monoisotopic (exact) mass is 281 g/mol. The van der Waals surface area contributed by atoms with E-state index in [9.17, 15) is 4.79 Å². The molecule has 1 amide bonds. The third-order valence-electron chi connectivity index (χ3n) is 3.27. The maximum absolute atomic E-state index is 12.3. The fourth-order valence-corrected chi connectivity index (χ4v) is 3.59. The second kappa shape index (κ2) is 5.53. The van der Waals surface area contributed by atoms with Crippen LogP contribution in [0, 0.1) is 0 Å². The van der Waals surface area contributed by atoms with Crippen LogP contribution in [-0.2, 0) is 11.2 Å². The number of nitrogens with zero attached hydrogens (tertiary/aromatic N) is 1. The van der Waals surface area contributed by atoms with Gasteiger partial charge in [0.25, 0.3) is 0 Å². The number of ether oxygens (including phenoxy) is 1. The average Bonchev–Trinajstić information content (AvgIpc) is 2.75. The summed E-state index contributed by atoms with van der Waals surface area (Å²) in [6, 6.07) is 2.39. The van der Waals surface area contributed by atoms with E-state index in [0.717, 1.165) is 25.8 Å². The molecule has 0 N–H and O–H groups in total. The highest BCUT2D eigenvalue weighted by molar-refractivity contribution is 7.10. The van der Waals surface area contributed by atoms with Gasteiger partial charge in [-0.25, -0.2) is 4.79 Å². The van der Waals surface area contributed by atoms with Gasteiger partial charge in [0.1, 0.15) is 5.60 Å². The summed E-state index contributed by atoms with van der Waals surface area (Å²) < 4.78 is 5.54. The highest BCUT2D eigenvalue weighted by Crippen LogP contribution is 2.37. The summed E-state index contributed by atoms with van der Waals surface area (Å²) in [5, 5.41) is 2.13. The highest BCUT2D eigenvalue weighted by atomic mass is 32.1. The van der Waals surface area contributed by atoms with Gasteiger partial charge in [-0.3, -0.25) is 0 Å². The third kappa shape index (κ3) is 3.30. The van der Waals surface area contributed by atoms with Crippen LogP contribution in [0.2, 0.25) is 0 Å². The molecule has 2 heterocycles. The summed E-state index contributed by atoms with van der Waals surface area (Å²) >= 11 is 1.76. The van der Waals surface area contributed by atoms with Gasteiger partial charge in [-0.15, -0.1) is 11.3 Å². The van der Waals surface area contributed by atoms with Crippen molar-refractivity contribution < 1.29 is 9.53 Å². The second-order valence-electron chi connectivity index (χ2n) is 6.04. The largest absolute Gasteiger partial charge is 0.444 e. The number of fused-ring (bicyclic) bond motifs is 1. The average molecular weight is 281 g/mol. The molecule has 1 unspecified atom stereocenters. The molecule has 1 atom stereocenters. The molecule has 2 rings (SSSR count). The molecule has 0 aliphatic carbocycles. The summed E-state index contributed by atoms with van der Waals surface area (Å²) in [6.07, 6.45) is 2.84. The minimum atomic E-state index is -0.427. The summed E-state index contributed by atoms with van der Waals surface area (Å²) in [5.74, 6) is 0. The Morgan fingerprint density at radius 3 is 2.89 bits per heavy atom. The summed E-state index contributed by atoms with van der Waals surface area (Å²) in [6.45, 7) is 8.68. The van der Waals surface area contributed by atoms with Crippen molar-refractivity contribution in [3.8, 4) is 0 Å². The van der Waals surface area contributed by atoms with Gasteiger partial charge in [0.05, 0.1) is 6.04 Å². The highest BCUT2D eigenvalue weighted by Gasteiger charge is 2.33. The quantitative estimate of drug-likeness (QED) is 0.805. The van der Waals surface area contributed by atoms with E-state index in [4.69, 9.17) is 4.74 Å². The molecule has 3 nitrogen and oxygen atoms in total. The van der Waals surface area contributed by atoms with Crippen LogP contribution in [0.3, 0.4) is 0 Å². The minimum Gasteiger partial charge on any atom is -0.444 e. The molecule has 0 spiro atoms. The molecule has 0 radical (unpaired) electrons.